The summed E-state index contributed by atoms with van der Waals surface area (Å²) in [5.74, 6) is 2.54. The number of aliphatic imine (C=N–C) groups is 1. The molecule has 0 aliphatic heterocycles. The highest BCUT2D eigenvalue weighted by Crippen LogP contribution is 2.17. The first-order chi connectivity index (χ1) is 11.8. The van der Waals surface area contributed by atoms with E-state index >= 15 is 0 Å². The monoisotopic (exact) mass is 327 g/mol. The van der Waals surface area contributed by atoms with Crippen LogP contribution in [0.15, 0.2) is 53.5 Å². The zero-order valence-corrected chi connectivity index (χ0v) is 14.5. The van der Waals surface area contributed by atoms with Crippen molar-refractivity contribution < 1.29 is 9.47 Å². The molecule has 0 radical (unpaired) electrons. The highest BCUT2D eigenvalue weighted by Gasteiger charge is 2.05. The van der Waals surface area contributed by atoms with E-state index in [0.29, 0.717) is 6.54 Å². The highest BCUT2D eigenvalue weighted by atomic mass is 16.5. The van der Waals surface area contributed by atoms with Crippen LogP contribution in [-0.4, -0.2) is 33.8 Å². The van der Waals surface area contributed by atoms with Crippen LogP contribution in [-0.2, 0) is 13.0 Å². The van der Waals surface area contributed by atoms with E-state index in [0.717, 1.165) is 36.0 Å². The summed E-state index contributed by atoms with van der Waals surface area (Å²) in [5, 5.41) is 6.62. The van der Waals surface area contributed by atoms with Crippen molar-refractivity contribution in [3.8, 4) is 11.5 Å². The molecule has 0 saturated heterocycles. The molecule has 0 unspecified atom stereocenters. The number of guanidine groups is 1. The molecule has 0 atom stereocenters. The van der Waals surface area contributed by atoms with Gasteiger partial charge >= 0.3 is 0 Å². The zero-order valence-electron chi connectivity index (χ0n) is 14.5. The van der Waals surface area contributed by atoms with E-state index in [1.165, 1.54) is 5.56 Å². The molecular weight excluding hydrogens is 302 g/mol. The molecule has 0 saturated carbocycles. The number of methoxy groups -OCH3 is 2. The summed E-state index contributed by atoms with van der Waals surface area (Å²) in [6.45, 7) is 1.42. The molecule has 0 fully saturated rings. The van der Waals surface area contributed by atoms with Crippen LogP contribution in [0.3, 0.4) is 0 Å². The minimum Gasteiger partial charge on any atom is -0.496 e. The van der Waals surface area contributed by atoms with Gasteiger partial charge < -0.3 is 20.1 Å². The predicted molar refractivity (Wildman–Crippen MR) is 97.9 cm³/mol. The van der Waals surface area contributed by atoms with Crippen molar-refractivity contribution in [2.75, 3.05) is 27.8 Å². The molecular formula is C19H25N3O2. The van der Waals surface area contributed by atoms with Crippen LogP contribution in [0.5, 0.6) is 11.5 Å². The molecule has 5 nitrogen and oxygen atoms in total. The molecule has 2 rings (SSSR count). The van der Waals surface area contributed by atoms with Gasteiger partial charge in [0.2, 0.25) is 0 Å². The Hall–Kier alpha value is -2.69. The zero-order chi connectivity index (χ0) is 17.2. The van der Waals surface area contributed by atoms with Crippen molar-refractivity contribution in [2.24, 2.45) is 4.99 Å². The van der Waals surface area contributed by atoms with E-state index < -0.39 is 0 Å². The van der Waals surface area contributed by atoms with Gasteiger partial charge in [0, 0.05) is 25.7 Å². The molecule has 2 N–H and O–H groups in total. The Bertz CT molecular complexity index is 671. The second-order valence-corrected chi connectivity index (χ2v) is 5.23. The Balaban J connectivity index is 1.84. The summed E-state index contributed by atoms with van der Waals surface area (Å²) in [6.07, 6.45) is 0.860. The number of nitrogens with zero attached hydrogens (tertiary/aromatic N) is 1. The van der Waals surface area contributed by atoms with Crippen LogP contribution >= 0.6 is 0 Å². The van der Waals surface area contributed by atoms with Crippen molar-refractivity contribution in [1.82, 2.24) is 10.6 Å². The summed E-state index contributed by atoms with van der Waals surface area (Å²) in [4.78, 5) is 4.25. The van der Waals surface area contributed by atoms with Gasteiger partial charge in [-0.3, -0.25) is 4.99 Å². The summed E-state index contributed by atoms with van der Waals surface area (Å²) < 4.78 is 10.7. The maximum absolute atomic E-state index is 5.37. The number of hydrogen-bond acceptors (Lipinski definition) is 3. The van der Waals surface area contributed by atoms with Gasteiger partial charge in [0.25, 0.3) is 0 Å². The Morgan fingerprint density at radius 3 is 2.08 bits per heavy atom. The molecule has 0 aliphatic carbocycles. The Morgan fingerprint density at radius 2 is 1.46 bits per heavy atom. The molecule has 0 aliphatic rings. The third-order valence-electron chi connectivity index (χ3n) is 3.74. The Kier molecular flexibility index (Phi) is 6.95. The molecule has 128 valence electrons. The topological polar surface area (TPSA) is 54.9 Å². The van der Waals surface area contributed by atoms with Crippen LogP contribution in [0.4, 0.5) is 0 Å². The van der Waals surface area contributed by atoms with Crippen LogP contribution in [0.2, 0.25) is 0 Å². The first-order valence-corrected chi connectivity index (χ1v) is 7.96. The lowest BCUT2D eigenvalue weighted by Crippen LogP contribution is -2.37. The molecule has 0 amide bonds. The fraction of sp³-hybridized carbons (Fsp3) is 0.316. The molecule has 0 spiro atoms. The average Bonchev–Trinajstić information content (AvgIpc) is 2.65. The van der Waals surface area contributed by atoms with Crippen LogP contribution in [0.25, 0.3) is 0 Å². The minimum atomic E-state index is 0.651. The number of rotatable bonds is 7. The third kappa shape index (κ3) is 4.91. The number of nitrogens with one attached hydrogen (secondary N) is 2. The molecule has 0 aromatic heterocycles. The van der Waals surface area contributed by atoms with E-state index in [-0.39, 0.29) is 0 Å². The minimum absolute atomic E-state index is 0.651. The maximum Gasteiger partial charge on any atom is 0.191 e. The van der Waals surface area contributed by atoms with E-state index in [1.54, 1.807) is 21.3 Å². The van der Waals surface area contributed by atoms with Crippen molar-refractivity contribution in [1.29, 1.82) is 0 Å². The normalized spacial score (nSPS) is 11.0. The lowest BCUT2D eigenvalue weighted by Gasteiger charge is -2.14. The van der Waals surface area contributed by atoms with Gasteiger partial charge in [0.1, 0.15) is 11.5 Å². The molecule has 0 bridgehead atoms. The van der Waals surface area contributed by atoms with Gasteiger partial charge in [-0.15, -0.1) is 0 Å². The average molecular weight is 327 g/mol. The number of ether oxygens (including phenoxy) is 2. The second kappa shape index (κ2) is 9.45. The van der Waals surface area contributed by atoms with E-state index in [9.17, 15) is 0 Å². The predicted octanol–water partition coefficient (Wildman–Crippen LogP) is 2.61. The van der Waals surface area contributed by atoms with E-state index in [4.69, 9.17) is 9.47 Å². The summed E-state index contributed by atoms with van der Waals surface area (Å²) >= 11 is 0. The molecule has 24 heavy (non-hydrogen) atoms. The van der Waals surface area contributed by atoms with Gasteiger partial charge in [-0.25, -0.2) is 0 Å². The first kappa shape index (κ1) is 17.7. The fourth-order valence-corrected chi connectivity index (χ4v) is 2.47. The standard InChI is InChI=1S/C19H25N3O2/c1-20-19(22-14-16-9-5-7-11-18(16)24-3)21-13-12-15-8-4-6-10-17(15)23-2/h4-11H,12-14H2,1-3H3,(H2,20,21,22). The van der Waals surface area contributed by atoms with Gasteiger partial charge in [-0.2, -0.15) is 0 Å². The Labute approximate surface area is 143 Å². The van der Waals surface area contributed by atoms with Crippen molar-refractivity contribution >= 4 is 5.96 Å². The second-order valence-electron chi connectivity index (χ2n) is 5.23. The molecule has 2 aromatic carbocycles. The van der Waals surface area contributed by atoms with Gasteiger partial charge in [0.15, 0.2) is 5.96 Å². The number of hydrogen-bond donors (Lipinski definition) is 2. The lowest BCUT2D eigenvalue weighted by atomic mass is 10.1. The van der Waals surface area contributed by atoms with Gasteiger partial charge in [0.05, 0.1) is 14.2 Å². The van der Waals surface area contributed by atoms with Crippen molar-refractivity contribution in [3.63, 3.8) is 0 Å². The van der Waals surface area contributed by atoms with Gasteiger partial charge in [-0.05, 0) is 24.1 Å². The largest absolute Gasteiger partial charge is 0.496 e. The fourth-order valence-electron chi connectivity index (χ4n) is 2.47. The Morgan fingerprint density at radius 1 is 0.875 bits per heavy atom. The molecule has 0 heterocycles. The van der Waals surface area contributed by atoms with E-state index in [2.05, 4.69) is 21.7 Å². The SMILES string of the molecule is CN=C(NCCc1ccccc1OC)NCc1ccccc1OC. The van der Waals surface area contributed by atoms with Gasteiger partial charge in [-0.1, -0.05) is 36.4 Å². The van der Waals surface area contributed by atoms with Crippen molar-refractivity contribution in [2.45, 2.75) is 13.0 Å². The van der Waals surface area contributed by atoms with Crippen LogP contribution in [0, 0.1) is 0 Å². The smallest absolute Gasteiger partial charge is 0.191 e. The summed E-state index contributed by atoms with van der Waals surface area (Å²) in [6, 6.07) is 16.0. The maximum atomic E-state index is 5.37. The lowest BCUT2D eigenvalue weighted by molar-refractivity contribution is 0.409. The van der Waals surface area contributed by atoms with Crippen LogP contribution in [0.1, 0.15) is 11.1 Å². The third-order valence-corrected chi connectivity index (χ3v) is 3.74. The number of benzene rings is 2. The summed E-state index contributed by atoms with van der Waals surface area (Å²) in [5.41, 5.74) is 2.26. The van der Waals surface area contributed by atoms with E-state index in [1.807, 2.05) is 42.5 Å². The molecule has 2 aromatic rings. The quantitative estimate of drug-likeness (QED) is 0.606. The van der Waals surface area contributed by atoms with Crippen LogP contribution < -0.4 is 20.1 Å². The first-order valence-electron chi connectivity index (χ1n) is 7.96. The number of para-hydroxylation sites is 2. The molecule has 5 heteroatoms. The van der Waals surface area contributed by atoms with Crippen molar-refractivity contribution in [3.05, 3.63) is 59.7 Å². The summed E-state index contributed by atoms with van der Waals surface area (Å²) in [7, 11) is 5.14. The highest BCUT2D eigenvalue weighted by molar-refractivity contribution is 5.79.